The SMILES string of the molecule is Cc1[nH]c2ccccc2c1C1C(CC(=O)N(Cc2ccccc2F)C2(C(=O)Nc3ccc(N4CCOCC4)cc3)CCCCC2)C1(C)C. The average Bonchev–Trinajstić information content (AvgIpc) is 3.45. The van der Waals surface area contributed by atoms with Gasteiger partial charge in [-0.1, -0.05) is 69.5 Å². The van der Waals surface area contributed by atoms with Gasteiger partial charge in [0.25, 0.3) is 0 Å². The van der Waals surface area contributed by atoms with Gasteiger partial charge in [0.2, 0.25) is 11.8 Å². The zero-order chi connectivity index (χ0) is 33.5. The molecule has 2 atom stereocenters. The number of rotatable bonds is 9. The molecular formula is C40H47FN4O3. The van der Waals surface area contributed by atoms with Crippen LogP contribution < -0.4 is 10.2 Å². The second kappa shape index (κ2) is 13.0. The molecule has 1 aromatic heterocycles. The van der Waals surface area contributed by atoms with Gasteiger partial charge in [-0.15, -0.1) is 0 Å². The molecule has 0 bridgehead atoms. The van der Waals surface area contributed by atoms with E-state index in [0.717, 1.165) is 49.2 Å². The van der Waals surface area contributed by atoms with E-state index >= 15 is 4.39 Å². The van der Waals surface area contributed by atoms with E-state index in [2.05, 4.69) is 54.2 Å². The maximum absolute atomic E-state index is 15.2. The Balaban J connectivity index is 1.18. The van der Waals surface area contributed by atoms with Crippen LogP contribution in [0.4, 0.5) is 15.8 Å². The fourth-order valence-corrected chi connectivity index (χ4v) is 8.55. The van der Waals surface area contributed by atoms with Crippen molar-refractivity contribution in [2.45, 2.75) is 77.3 Å². The summed E-state index contributed by atoms with van der Waals surface area (Å²) in [6.07, 6.45) is 4.05. The van der Waals surface area contributed by atoms with Gasteiger partial charge in [-0.2, -0.15) is 0 Å². The maximum atomic E-state index is 15.2. The van der Waals surface area contributed by atoms with Crippen LogP contribution in [0.5, 0.6) is 0 Å². The second-order valence-electron chi connectivity index (χ2n) is 14.6. The van der Waals surface area contributed by atoms with Crippen molar-refractivity contribution in [1.82, 2.24) is 9.88 Å². The Morgan fingerprint density at radius 1 is 0.958 bits per heavy atom. The van der Waals surface area contributed by atoms with Crippen molar-refractivity contribution >= 4 is 34.1 Å². The molecule has 0 spiro atoms. The first kappa shape index (κ1) is 32.4. The van der Waals surface area contributed by atoms with Gasteiger partial charge in [-0.25, -0.2) is 4.39 Å². The Morgan fingerprint density at radius 2 is 1.65 bits per heavy atom. The van der Waals surface area contributed by atoms with Crippen LogP contribution in [0.25, 0.3) is 10.9 Å². The van der Waals surface area contributed by atoms with Crippen molar-refractivity contribution < 1.29 is 18.7 Å². The monoisotopic (exact) mass is 650 g/mol. The molecule has 2 N–H and O–H groups in total. The van der Waals surface area contributed by atoms with Crippen LogP contribution in [0.3, 0.4) is 0 Å². The molecule has 1 aliphatic heterocycles. The molecule has 3 aliphatic rings. The van der Waals surface area contributed by atoms with Crippen LogP contribution in [-0.2, 0) is 20.9 Å². The summed E-state index contributed by atoms with van der Waals surface area (Å²) in [6.45, 7) is 9.71. The maximum Gasteiger partial charge on any atom is 0.250 e. The lowest BCUT2D eigenvalue weighted by atomic mass is 9.78. The van der Waals surface area contributed by atoms with Gasteiger partial charge in [0.05, 0.1) is 13.2 Å². The minimum Gasteiger partial charge on any atom is -0.378 e. The lowest BCUT2D eigenvalue weighted by Crippen LogP contribution is -2.59. The number of aryl methyl sites for hydroxylation is 1. The number of morpholine rings is 1. The number of amides is 2. The van der Waals surface area contributed by atoms with E-state index in [1.165, 1.54) is 17.0 Å². The number of anilines is 2. The van der Waals surface area contributed by atoms with E-state index < -0.39 is 5.54 Å². The molecule has 2 heterocycles. The van der Waals surface area contributed by atoms with Crippen LogP contribution in [-0.4, -0.2) is 53.5 Å². The smallest absolute Gasteiger partial charge is 0.250 e. The molecule has 3 fully saturated rings. The fourth-order valence-electron chi connectivity index (χ4n) is 8.55. The van der Waals surface area contributed by atoms with Crippen LogP contribution in [0.15, 0.2) is 72.8 Å². The predicted octanol–water partition coefficient (Wildman–Crippen LogP) is 7.95. The number of nitrogens with one attached hydrogen (secondary N) is 2. The Bertz CT molecular complexity index is 1790. The number of aromatic amines is 1. The van der Waals surface area contributed by atoms with Gasteiger partial charge in [0.1, 0.15) is 11.4 Å². The lowest BCUT2D eigenvalue weighted by Gasteiger charge is -2.45. The van der Waals surface area contributed by atoms with Crippen LogP contribution in [0, 0.1) is 24.1 Å². The van der Waals surface area contributed by atoms with Crippen molar-refractivity contribution in [2.24, 2.45) is 11.3 Å². The van der Waals surface area contributed by atoms with E-state index in [1.54, 1.807) is 23.1 Å². The van der Waals surface area contributed by atoms with E-state index in [0.29, 0.717) is 43.7 Å². The number of carbonyl (C=O) groups is 2. The molecule has 2 aliphatic carbocycles. The second-order valence-corrected chi connectivity index (χ2v) is 14.6. The summed E-state index contributed by atoms with van der Waals surface area (Å²) in [4.78, 5) is 36.8. The van der Waals surface area contributed by atoms with E-state index in [9.17, 15) is 9.59 Å². The standard InChI is InChI=1S/C40H47FN4O3/c1-27-36(31-12-6-8-14-34(31)42-27)37-32(39(37,2)3)25-35(46)45(26-28-11-5-7-13-33(28)41)40(19-9-4-10-20-40)38(47)43-29-15-17-30(18-16-29)44-21-23-48-24-22-44/h5-8,11-18,32,37,42H,4,9-10,19-26H2,1-3H3,(H,43,47). The Hall–Kier alpha value is -4.17. The number of para-hydroxylation sites is 1. The van der Waals surface area contributed by atoms with Gasteiger partial charge in [0.15, 0.2) is 0 Å². The third-order valence-corrected chi connectivity index (χ3v) is 11.4. The highest BCUT2D eigenvalue weighted by atomic mass is 19.1. The molecule has 7 nitrogen and oxygen atoms in total. The molecule has 3 aromatic carbocycles. The van der Waals surface area contributed by atoms with Crippen molar-refractivity contribution in [3.8, 4) is 0 Å². The molecule has 1 saturated heterocycles. The first-order chi connectivity index (χ1) is 23.2. The molecule has 8 heteroatoms. The van der Waals surface area contributed by atoms with Crippen LogP contribution >= 0.6 is 0 Å². The number of H-pyrrole nitrogens is 1. The molecule has 0 radical (unpaired) electrons. The normalized spacial score (nSPS) is 21.5. The topological polar surface area (TPSA) is 77.7 Å². The predicted molar refractivity (Wildman–Crippen MR) is 189 cm³/mol. The molecule has 2 unspecified atom stereocenters. The summed E-state index contributed by atoms with van der Waals surface area (Å²) in [5.74, 6) is -0.336. The van der Waals surface area contributed by atoms with E-state index in [1.807, 2.05) is 30.3 Å². The largest absolute Gasteiger partial charge is 0.378 e. The average molecular weight is 651 g/mol. The number of hydrogen-bond donors (Lipinski definition) is 2. The molecule has 4 aromatic rings. The third kappa shape index (κ3) is 6.00. The van der Waals surface area contributed by atoms with Crippen LogP contribution in [0.2, 0.25) is 0 Å². The Labute approximate surface area is 282 Å². The van der Waals surface area contributed by atoms with Gasteiger partial charge in [-0.05, 0) is 79.0 Å². The van der Waals surface area contributed by atoms with Gasteiger partial charge < -0.3 is 24.8 Å². The number of ether oxygens (including phenoxy) is 1. The number of fused-ring (bicyclic) bond motifs is 1. The fraction of sp³-hybridized carbons (Fsp3) is 0.450. The summed E-state index contributed by atoms with van der Waals surface area (Å²) in [6, 6.07) is 22.9. The molecule has 252 valence electrons. The highest BCUT2D eigenvalue weighted by molar-refractivity contribution is 6.01. The molecular weight excluding hydrogens is 603 g/mol. The third-order valence-electron chi connectivity index (χ3n) is 11.4. The summed E-state index contributed by atoms with van der Waals surface area (Å²) in [5.41, 5.74) is 4.55. The van der Waals surface area contributed by atoms with Crippen molar-refractivity contribution in [3.63, 3.8) is 0 Å². The minimum atomic E-state index is -1.08. The highest BCUT2D eigenvalue weighted by Crippen LogP contribution is 2.67. The van der Waals surface area contributed by atoms with Crippen molar-refractivity contribution in [3.05, 3.63) is 95.4 Å². The molecule has 2 saturated carbocycles. The number of benzene rings is 3. The zero-order valence-electron chi connectivity index (χ0n) is 28.4. The number of carbonyl (C=O) groups excluding carboxylic acids is 2. The molecule has 2 amide bonds. The quantitative estimate of drug-likeness (QED) is 0.193. The minimum absolute atomic E-state index is 0.0544. The van der Waals surface area contributed by atoms with E-state index in [-0.39, 0.29) is 41.4 Å². The molecule has 7 rings (SSSR count). The molecule has 48 heavy (non-hydrogen) atoms. The number of halogens is 1. The first-order valence-electron chi connectivity index (χ1n) is 17.5. The van der Waals surface area contributed by atoms with Crippen molar-refractivity contribution in [2.75, 3.05) is 36.5 Å². The first-order valence-corrected chi connectivity index (χ1v) is 17.5. The summed E-state index contributed by atoms with van der Waals surface area (Å²) < 4.78 is 20.7. The summed E-state index contributed by atoms with van der Waals surface area (Å²) in [7, 11) is 0. The number of nitrogens with zero attached hydrogens (tertiary/aromatic N) is 2. The summed E-state index contributed by atoms with van der Waals surface area (Å²) >= 11 is 0. The van der Waals surface area contributed by atoms with Crippen LogP contribution in [0.1, 0.15) is 75.1 Å². The lowest BCUT2D eigenvalue weighted by molar-refractivity contribution is -0.149. The van der Waals surface area contributed by atoms with E-state index in [4.69, 9.17) is 4.74 Å². The van der Waals surface area contributed by atoms with Crippen molar-refractivity contribution in [1.29, 1.82) is 0 Å². The van der Waals surface area contributed by atoms with Gasteiger partial charge in [-0.3, -0.25) is 9.59 Å². The summed E-state index contributed by atoms with van der Waals surface area (Å²) in [5, 5.41) is 4.39. The van der Waals surface area contributed by atoms with Gasteiger partial charge in [0, 0.05) is 59.6 Å². The number of aromatic nitrogens is 1. The Kier molecular flexibility index (Phi) is 8.79. The van der Waals surface area contributed by atoms with Gasteiger partial charge >= 0.3 is 0 Å². The Morgan fingerprint density at radius 3 is 2.38 bits per heavy atom. The number of hydrogen-bond acceptors (Lipinski definition) is 4. The highest BCUT2D eigenvalue weighted by Gasteiger charge is 2.60. The zero-order valence-corrected chi connectivity index (χ0v) is 28.4.